The Morgan fingerprint density at radius 3 is 2.75 bits per heavy atom. The van der Waals surface area contributed by atoms with Crippen LogP contribution in [0, 0.1) is 10.5 Å². The Balaban J connectivity index is 2.23. The van der Waals surface area contributed by atoms with Crippen LogP contribution in [0.1, 0.15) is 16.1 Å². The molecular formula is C13H12IN3O3. The summed E-state index contributed by atoms with van der Waals surface area (Å²) in [5, 5.41) is 12.2. The summed E-state index contributed by atoms with van der Waals surface area (Å²) in [5.41, 5.74) is 1.00. The first-order valence-electron chi connectivity index (χ1n) is 5.69. The van der Waals surface area contributed by atoms with Gasteiger partial charge in [0, 0.05) is 17.3 Å². The van der Waals surface area contributed by atoms with E-state index in [2.05, 4.69) is 15.3 Å². The van der Waals surface area contributed by atoms with Gasteiger partial charge in [-0.05, 0) is 47.7 Å². The van der Waals surface area contributed by atoms with Crippen LogP contribution in [0.25, 0.3) is 0 Å². The molecular weight excluding hydrogens is 373 g/mol. The number of rotatable bonds is 3. The van der Waals surface area contributed by atoms with E-state index in [-0.39, 0.29) is 11.7 Å². The van der Waals surface area contributed by atoms with Crippen molar-refractivity contribution in [2.45, 2.75) is 6.92 Å². The van der Waals surface area contributed by atoms with Gasteiger partial charge in [-0.3, -0.25) is 10.1 Å². The van der Waals surface area contributed by atoms with Gasteiger partial charge in [0.2, 0.25) is 11.8 Å². The number of amides is 1. The fraction of sp³-hybridized carbons (Fsp3) is 0.154. The number of hydrogen-bond acceptors (Lipinski definition) is 5. The van der Waals surface area contributed by atoms with Crippen LogP contribution in [-0.4, -0.2) is 28.1 Å². The van der Waals surface area contributed by atoms with Crippen molar-refractivity contribution in [1.29, 1.82) is 0 Å². The van der Waals surface area contributed by atoms with Crippen LogP contribution >= 0.6 is 22.6 Å². The normalized spacial score (nSPS) is 10.2. The van der Waals surface area contributed by atoms with Gasteiger partial charge in [-0.15, -0.1) is 0 Å². The quantitative estimate of drug-likeness (QED) is 0.793. The molecule has 7 heteroatoms. The predicted octanol–water partition coefficient (Wildman–Crippen LogP) is 2.36. The number of carbonyl (C=O) groups excluding carboxylic acids is 1. The Bertz CT molecular complexity index is 661. The number of aromatic nitrogens is 2. The molecule has 0 aliphatic rings. The van der Waals surface area contributed by atoms with E-state index in [1.165, 1.54) is 13.2 Å². The molecule has 2 rings (SSSR count). The number of anilines is 1. The van der Waals surface area contributed by atoms with Crippen LogP contribution in [-0.2, 0) is 0 Å². The van der Waals surface area contributed by atoms with Crippen LogP contribution in [0.3, 0.4) is 0 Å². The van der Waals surface area contributed by atoms with Crippen LogP contribution in [0.15, 0.2) is 24.3 Å². The lowest BCUT2D eigenvalue weighted by atomic mass is 10.2. The third kappa shape index (κ3) is 3.35. The van der Waals surface area contributed by atoms with Crippen molar-refractivity contribution in [3.8, 4) is 11.6 Å². The highest BCUT2D eigenvalue weighted by Gasteiger charge is 2.11. The fourth-order valence-electron chi connectivity index (χ4n) is 1.53. The summed E-state index contributed by atoms with van der Waals surface area (Å²) >= 11 is 1.98. The molecule has 104 valence electrons. The first-order valence-corrected chi connectivity index (χ1v) is 6.77. The SMILES string of the molecule is COc1cc(C)nc(NC(=O)c2ccc(I)c(O)c2)n1. The van der Waals surface area contributed by atoms with Crippen molar-refractivity contribution < 1.29 is 14.6 Å². The van der Waals surface area contributed by atoms with E-state index in [0.717, 1.165) is 0 Å². The maximum atomic E-state index is 12.0. The number of methoxy groups -OCH3 is 1. The van der Waals surface area contributed by atoms with Crippen molar-refractivity contribution in [2.75, 3.05) is 12.4 Å². The molecule has 0 fully saturated rings. The lowest BCUT2D eigenvalue weighted by Gasteiger charge is -2.07. The average Bonchev–Trinajstić information content (AvgIpc) is 2.41. The van der Waals surface area contributed by atoms with Gasteiger partial charge in [0.15, 0.2) is 0 Å². The average molecular weight is 385 g/mol. The number of halogens is 1. The summed E-state index contributed by atoms with van der Waals surface area (Å²) in [4.78, 5) is 20.2. The molecule has 1 aromatic heterocycles. The maximum Gasteiger partial charge on any atom is 0.258 e. The number of nitrogens with zero attached hydrogens (tertiary/aromatic N) is 2. The first kappa shape index (κ1) is 14.5. The van der Waals surface area contributed by atoms with Crippen LogP contribution in [0.2, 0.25) is 0 Å². The molecule has 0 spiro atoms. The molecule has 0 saturated heterocycles. The Labute approximate surface area is 129 Å². The summed E-state index contributed by atoms with van der Waals surface area (Å²) in [5.74, 6) is 0.188. The number of ether oxygens (including phenoxy) is 1. The predicted molar refractivity (Wildman–Crippen MR) is 82.1 cm³/mol. The van der Waals surface area contributed by atoms with Crippen molar-refractivity contribution in [3.05, 3.63) is 39.1 Å². The van der Waals surface area contributed by atoms with Gasteiger partial charge >= 0.3 is 0 Å². The molecule has 0 bridgehead atoms. The minimum Gasteiger partial charge on any atom is -0.507 e. The molecule has 0 unspecified atom stereocenters. The monoisotopic (exact) mass is 385 g/mol. The summed E-state index contributed by atoms with van der Waals surface area (Å²) in [6.07, 6.45) is 0. The topological polar surface area (TPSA) is 84.3 Å². The van der Waals surface area contributed by atoms with Crippen molar-refractivity contribution in [2.24, 2.45) is 0 Å². The van der Waals surface area contributed by atoms with E-state index in [1.54, 1.807) is 25.1 Å². The fourth-order valence-corrected chi connectivity index (χ4v) is 1.86. The summed E-state index contributed by atoms with van der Waals surface area (Å²) in [7, 11) is 1.49. The van der Waals surface area contributed by atoms with Gasteiger partial charge < -0.3 is 9.84 Å². The van der Waals surface area contributed by atoms with Crippen LogP contribution in [0.5, 0.6) is 11.6 Å². The molecule has 0 radical (unpaired) electrons. The van der Waals surface area contributed by atoms with Gasteiger partial charge in [0.25, 0.3) is 5.91 Å². The minimum absolute atomic E-state index is 0.0565. The third-order valence-electron chi connectivity index (χ3n) is 2.47. The first-order chi connectivity index (χ1) is 9.49. The van der Waals surface area contributed by atoms with E-state index in [0.29, 0.717) is 20.7 Å². The zero-order valence-electron chi connectivity index (χ0n) is 10.8. The van der Waals surface area contributed by atoms with E-state index in [1.807, 2.05) is 22.6 Å². The molecule has 20 heavy (non-hydrogen) atoms. The van der Waals surface area contributed by atoms with Gasteiger partial charge in [0.05, 0.1) is 10.7 Å². The lowest BCUT2D eigenvalue weighted by Crippen LogP contribution is -2.14. The van der Waals surface area contributed by atoms with Gasteiger partial charge in [-0.25, -0.2) is 4.98 Å². The molecule has 0 saturated carbocycles. The Kier molecular flexibility index (Phi) is 4.38. The highest BCUT2D eigenvalue weighted by Crippen LogP contribution is 2.21. The number of nitrogens with one attached hydrogen (secondary N) is 1. The van der Waals surface area contributed by atoms with E-state index in [4.69, 9.17) is 4.74 Å². The lowest BCUT2D eigenvalue weighted by molar-refractivity contribution is 0.102. The molecule has 1 aromatic carbocycles. The molecule has 0 atom stereocenters. The van der Waals surface area contributed by atoms with E-state index >= 15 is 0 Å². The number of carbonyl (C=O) groups is 1. The van der Waals surface area contributed by atoms with Gasteiger partial charge in [-0.2, -0.15) is 4.98 Å². The van der Waals surface area contributed by atoms with Crippen molar-refractivity contribution in [3.63, 3.8) is 0 Å². The summed E-state index contributed by atoms with van der Waals surface area (Å²) in [6, 6.07) is 6.32. The second-order valence-electron chi connectivity index (χ2n) is 4.00. The Hall–Kier alpha value is -1.90. The standard InChI is InChI=1S/C13H12IN3O3/c1-7-5-11(20-2)16-13(15-7)17-12(19)8-3-4-9(14)10(18)6-8/h3-6,18H,1-2H3,(H,15,16,17,19). The zero-order valence-corrected chi connectivity index (χ0v) is 13.0. The Morgan fingerprint density at radius 1 is 1.35 bits per heavy atom. The van der Waals surface area contributed by atoms with E-state index < -0.39 is 5.91 Å². The third-order valence-corrected chi connectivity index (χ3v) is 3.39. The number of aromatic hydroxyl groups is 1. The molecule has 2 N–H and O–H groups in total. The molecule has 1 amide bonds. The second-order valence-corrected chi connectivity index (χ2v) is 5.16. The van der Waals surface area contributed by atoms with Gasteiger partial charge in [-0.1, -0.05) is 0 Å². The molecule has 0 aliphatic carbocycles. The summed E-state index contributed by atoms with van der Waals surface area (Å²) < 4.78 is 5.69. The number of phenols is 1. The minimum atomic E-state index is -0.399. The van der Waals surface area contributed by atoms with Crippen molar-refractivity contribution >= 4 is 34.4 Å². The molecule has 2 aromatic rings. The van der Waals surface area contributed by atoms with E-state index in [9.17, 15) is 9.90 Å². The largest absolute Gasteiger partial charge is 0.507 e. The second kappa shape index (κ2) is 6.04. The highest BCUT2D eigenvalue weighted by molar-refractivity contribution is 14.1. The molecule has 1 heterocycles. The van der Waals surface area contributed by atoms with Crippen LogP contribution in [0.4, 0.5) is 5.95 Å². The van der Waals surface area contributed by atoms with Crippen molar-refractivity contribution in [1.82, 2.24) is 9.97 Å². The number of hydrogen-bond donors (Lipinski definition) is 2. The number of benzene rings is 1. The van der Waals surface area contributed by atoms with Crippen LogP contribution < -0.4 is 10.1 Å². The number of aryl methyl sites for hydroxylation is 1. The molecule has 6 nitrogen and oxygen atoms in total. The summed E-state index contributed by atoms with van der Waals surface area (Å²) in [6.45, 7) is 1.77. The zero-order chi connectivity index (χ0) is 14.7. The maximum absolute atomic E-state index is 12.0. The van der Waals surface area contributed by atoms with Gasteiger partial charge in [0.1, 0.15) is 5.75 Å². The highest BCUT2D eigenvalue weighted by atomic mass is 127. The Morgan fingerprint density at radius 2 is 2.10 bits per heavy atom. The molecule has 0 aliphatic heterocycles. The number of phenolic OH excluding ortho intramolecular Hbond substituents is 1. The smallest absolute Gasteiger partial charge is 0.258 e.